The maximum absolute atomic E-state index is 13.4. The van der Waals surface area contributed by atoms with E-state index in [-0.39, 0.29) is 11.3 Å². The highest BCUT2D eigenvalue weighted by atomic mass is 35.5. The topological polar surface area (TPSA) is 17.1 Å². The molecule has 0 N–H and O–H groups in total. The van der Waals surface area contributed by atoms with Gasteiger partial charge in [-0.05, 0) is 24.1 Å². The number of ketones is 1. The molecule has 1 unspecified atom stereocenters. The van der Waals surface area contributed by atoms with Crippen LogP contribution in [0.4, 0.5) is 8.78 Å². The van der Waals surface area contributed by atoms with E-state index in [1.165, 1.54) is 0 Å². The van der Waals surface area contributed by atoms with Crippen LogP contribution in [0.3, 0.4) is 0 Å². The smallest absolute Gasteiger partial charge is 0.170 e. The van der Waals surface area contributed by atoms with Crippen molar-refractivity contribution in [3.8, 4) is 0 Å². The largest absolute Gasteiger partial charge is 0.293 e. The predicted octanol–water partition coefficient (Wildman–Crippen LogP) is 4.99. The van der Waals surface area contributed by atoms with Crippen molar-refractivity contribution in [1.29, 1.82) is 0 Å². The highest BCUT2D eigenvalue weighted by Gasteiger charge is 2.22. The van der Waals surface area contributed by atoms with E-state index in [0.717, 1.165) is 17.7 Å². The van der Waals surface area contributed by atoms with Crippen molar-refractivity contribution in [3.63, 3.8) is 0 Å². The molecule has 0 amide bonds. The Bertz CT molecular complexity index is 603. The number of benzene rings is 2. The summed E-state index contributed by atoms with van der Waals surface area (Å²) in [6.07, 6.45) is 0.550. The molecular weight excluding hydrogens is 282 g/mol. The summed E-state index contributed by atoms with van der Waals surface area (Å²) in [4.78, 5) is 12.4. The van der Waals surface area contributed by atoms with Gasteiger partial charge in [0.1, 0.15) is 16.7 Å². The molecule has 0 saturated carbocycles. The molecule has 2 aromatic carbocycles. The van der Waals surface area contributed by atoms with Crippen LogP contribution in [0.15, 0.2) is 42.5 Å². The van der Waals surface area contributed by atoms with E-state index >= 15 is 0 Å². The van der Waals surface area contributed by atoms with Crippen LogP contribution >= 0.6 is 11.6 Å². The number of Topliss-reactive ketones (excluding diaryl/α,β-unsaturated/α-hetero) is 1. The Morgan fingerprint density at radius 3 is 2.20 bits per heavy atom. The van der Waals surface area contributed by atoms with Crippen molar-refractivity contribution >= 4 is 17.4 Å². The molecule has 0 aliphatic rings. The van der Waals surface area contributed by atoms with Crippen LogP contribution in [0.2, 0.25) is 5.02 Å². The molecule has 0 aliphatic carbocycles. The molecule has 2 aromatic rings. The van der Waals surface area contributed by atoms with Gasteiger partial charge in [0.15, 0.2) is 5.78 Å². The van der Waals surface area contributed by atoms with Gasteiger partial charge in [-0.1, -0.05) is 48.9 Å². The fourth-order valence-corrected chi connectivity index (χ4v) is 2.27. The first-order valence-electron chi connectivity index (χ1n) is 6.28. The highest BCUT2D eigenvalue weighted by molar-refractivity contribution is 6.31. The van der Waals surface area contributed by atoms with Crippen LogP contribution in [0, 0.1) is 11.6 Å². The Morgan fingerprint density at radius 1 is 1.15 bits per heavy atom. The molecule has 0 radical (unpaired) electrons. The van der Waals surface area contributed by atoms with Crippen molar-refractivity contribution in [2.24, 2.45) is 0 Å². The minimum atomic E-state index is -0.919. The van der Waals surface area contributed by atoms with E-state index in [2.05, 4.69) is 0 Å². The SMILES string of the molecule is CCC(C(=O)c1cc(F)c(Cl)c(F)c1)c1ccccc1. The summed E-state index contributed by atoms with van der Waals surface area (Å²) in [5, 5.41) is -0.589. The molecule has 104 valence electrons. The van der Waals surface area contributed by atoms with Gasteiger partial charge in [-0.3, -0.25) is 4.79 Å². The van der Waals surface area contributed by atoms with E-state index in [0.29, 0.717) is 6.42 Å². The Kier molecular flexibility index (Phi) is 4.50. The fraction of sp³-hybridized carbons (Fsp3) is 0.188. The standard InChI is InChI=1S/C16H13ClF2O/c1-2-12(10-6-4-3-5-7-10)16(20)11-8-13(18)15(17)14(19)9-11/h3-9,12H,2H2,1H3. The quantitative estimate of drug-likeness (QED) is 0.573. The van der Waals surface area contributed by atoms with Crippen LogP contribution in [-0.4, -0.2) is 5.78 Å². The lowest BCUT2D eigenvalue weighted by atomic mass is 9.88. The zero-order valence-electron chi connectivity index (χ0n) is 10.9. The first-order chi connectivity index (χ1) is 9.54. The van der Waals surface area contributed by atoms with Gasteiger partial charge in [-0.25, -0.2) is 8.78 Å². The second kappa shape index (κ2) is 6.14. The molecule has 2 rings (SSSR count). The number of carbonyl (C=O) groups is 1. The third kappa shape index (κ3) is 2.88. The molecule has 0 heterocycles. The Hall–Kier alpha value is -1.74. The van der Waals surface area contributed by atoms with Gasteiger partial charge in [-0.15, -0.1) is 0 Å². The van der Waals surface area contributed by atoms with Gasteiger partial charge in [0.05, 0.1) is 0 Å². The Labute approximate surface area is 121 Å². The predicted molar refractivity (Wildman–Crippen MR) is 75.2 cm³/mol. The summed E-state index contributed by atoms with van der Waals surface area (Å²) in [6.45, 7) is 1.86. The van der Waals surface area contributed by atoms with E-state index in [9.17, 15) is 13.6 Å². The molecule has 0 saturated heterocycles. The molecule has 0 bridgehead atoms. The maximum atomic E-state index is 13.4. The molecule has 0 fully saturated rings. The Morgan fingerprint density at radius 2 is 1.70 bits per heavy atom. The molecule has 0 aromatic heterocycles. The average molecular weight is 295 g/mol. The summed E-state index contributed by atoms with van der Waals surface area (Å²) in [5.74, 6) is -2.57. The zero-order valence-corrected chi connectivity index (χ0v) is 11.6. The molecule has 0 aliphatic heterocycles. The van der Waals surface area contributed by atoms with E-state index < -0.39 is 22.6 Å². The van der Waals surface area contributed by atoms with Crippen molar-refractivity contribution in [2.75, 3.05) is 0 Å². The van der Waals surface area contributed by atoms with Gasteiger partial charge in [0.2, 0.25) is 0 Å². The van der Waals surface area contributed by atoms with Crippen molar-refractivity contribution in [3.05, 3.63) is 70.2 Å². The van der Waals surface area contributed by atoms with Gasteiger partial charge in [0.25, 0.3) is 0 Å². The number of hydrogen-bond donors (Lipinski definition) is 0. The summed E-state index contributed by atoms with van der Waals surface area (Å²) in [6, 6.07) is 11.1. The normalized spacial score (nSPS) is 12.2. The minimum Gasteiger partial charge on any atom is -0.293 e. The van der Waals surface area contributed by atoms with E-state index in [1.807, 2.05) is 37.3 Å². The van der Waals surface area contributed by atoms with Crippen LogP contribution in [-0.2, 0) is 0 Å². The molecule has 1 atom stereocenters. The monoisotopic (exact) mass is 294 g/mol. The van der Waals surface area contributed by atoms with Crippen molar-refractivity contribution in [1.82, 2.24) is 0 Å². The summed E-state index contributed by atoms with van der Waals surface area (Å²) < 4.78 is 26.9. The van der Waals surface area contributed by atoms with Crippen LogP contribution in [0.25, 0.3) is 0 Å². The van der Waals surface area contributed by atoms with Crippen LogP contribution in [0.5, 0.6) is 0 Å². The van der Waals surface area contributed by atoms with Gasteiger partial charge < -0.3 is 0 Å². The first kappa shape index (κ1) is 14.7. The summed E-state index contributed by atoms with van der Waals surface area (Å²) in [7, 11) is 0. The summed E-state index contributed by atoms with van der Waals surface area (Å²) in [5.41, 5.74) is 0.830. The Balaban J connectivity index is 2.39. The molecule has 0 spiro atoms. The molecule has 20 heavy (non-hydrogen) atoms. The maximum Gasteiger partial charge on any atom is 0.170 e. The van der Waals surface area contributed by atoms with E-state index in [4.69, 9.17) is 11.6 Å². The van der Waals surface area contributed by atoms with Crippen molar-refractivity contribution < 1.29 is 13.6 Å². The first-order valence-corrected chi connectivity index (χ1v) is 6.66. The average Bonchev–Trinajstić information content (AvgIpc) is 2.46. The summed E-state index contributed by atoms with van der Waals surface area (Å²) >= 11 is 5.42. The van der Waals surface area contributed by atoms with Gasteiger partial charge in [-0.2, -0.15) is 0 Å². The molecule has 4 heteroatoms. The third-order valence-corrected chi connectivity index (χ3v) is 3.56. The third-order valence-electron chi connectivity index (χ3n) is 3.20. The lowest BCUT2D eigenvalue weighted by molar-refractivity contribution is 0.0956. The number of rotatable bonds is 4. The van der Waals surface area contributed by atoms with Crippen LogP contribution < -0.4 is 0 Å². The molecule has 1 nitrogen and oxygen atoms in total. The van der Waals surface area contributed by atoms with Gasteiger partial charge in [0, 0.05) is 11.5 Å². The fourth-order valence-electron chi connectivity index (χ4n) is 2.16. The second-order valence-electron chi connectivity index (χ2n) is 4.49. The lowest BCUT2D eigenvalue weighted by Crippen LogP contribution is -2.13. The molecular formula is C16H13ClF2O. The minimum absolute atomic E-state index is 0.0000954. The number of hydrogen-bond acceptors (Lipinski definition) is 1. The van der Waals surface area contributed by atoms with E-state index in [1.54, 1.807) is 0 Å². The van der Waals surface area contributed by atoms with Gasteiger partial charge >= 0.3 is 0 Å². The lowest BCUT2D eigenvalue weighted by Gasteiger charge is -2.14. The van der Waals surface area contributed by atoms with Crippen molar-refractivity contribution in [2.45, 2.75) is 19.3 Å². The number of halogens is 3. The second-order valence-corrected chi connectivity index (χ2v) is 4.87. The van der Waals surface area contributed by atoms with Crippen LogP contribution in [0.1, 0.15) is 35.2 Å². The highest BCUT2D eigenvalue weighted by Crippen LogP contribution is 2.27. The zero-order chi connectivity index (χ0) is 14.7. The number of carbonyl (C=O) groups excluding carboxylic acids is 1.